The van der Waals surface area contributed by atoms with Crippen molar-refractivity contribution >= 4 is 54.0 Å². The van der Waals surface area contributed by atoms with Crippen molar-refractivity contribution in [1.29, 1.82) is 0 Å². The van der Waals surface area contributed by atoms with Crippen molar-refractivity contribution in [3.8, 4) is 0 Å². The summed E-state index contributed by atoms with van der Waals surface area (Å²) in [6.45, 7) is 1.84. The van der Waals surface area contributed by atoms with Crippen LogP contribution in [0.3, 0.4) is 0 Å². The maximum absolute atomic E-state index is 12.5. The number of halogens is 1. The quantitative estimate of drug-likeness (QED) is 0.606. The van der Waals surface area contributed by atoms with E-state index < -0.39 is 10.0 Å². The van der Waals surface area contributed by atoms with Gasteiger partial charge in [-0.3, -0.25) is 14.8 Å². The predicted octanol–water partition coefficient (Wildman–Crippen LogP) is 4.27. The minimum absolute atomic E-state index is 0.133. The number of aromatic nitrogens is 1. The lowest BCUT2D eigenvalue weighted by Gasteiger charge is -2.09. The number of hydrogen-bond donors (Lipinski definition) is 2. The molecule has 0 atom stereocenters. The van der Waals surface area contributed by atoms with Gasteiger partial charge in [0.15, 0.2) is 5.13 Å². The standard InChI is InChI=1S/C17H14BrN3O3S2/c1-11-10-25-17(19-11)20-16(22)12-3-2-4-14(9-12)21-26(23,24)15-7-5-13(18)6-8-15/h2-10,21H,1H3,(H,19,20,22). The minimum Gasteiger partial charge on any atom is -0.298 e. The normalized spacial score (nSPS) is 11.2. The molecule has 0 radical (unpaired) electrons. The second-order valence-corrected chi connectivity index (χ2v) is 8.84. The van der Waals surface area contributed by atoms with Crippen molar-refractivity contribution in [3.63, 3.8) is 0 Å². The number of nitrogens with zero attached hydrogens (tertiary/aromatic N) is 1. The fourth-order valence-corrected chi connectivity index (χ4v) is 4.13. The van der Waals surface area contributed by atoms with E-state index in [1.165, 1.54) is 29.5 Å². The lowest BCUT2D eigenvalue weighted by molar-refractivity contribution is 0.102. The third-order valence-electron chi connectivity index (χ3n) is 3.34. The molecule has 0 unspecified atom stereocenters. The van der Waals surface area contributed by atoms with Crippen LogP contribution in [0.25, 0.3) is 0 Å². The summed E-state index contributed by atoms with van der Waals surface area (Å²) < 4.78 is 28.2. The Balaban J connectivity index is 1.78. The van der Waals surface area contributed by atoms with Gasteiger partial charge in [-0.05, 0) is 49.4 Å². The van der Waals surface area contributed by atoms with Gasteiger partial charge >= 0.3 is 0 Å². The van der Waals surface area contributed by atoms with Gasteiger partial charge in [0.05, 0.1) is 10.6 Å². The highest BCUT2D eigenvalue weighted by molar-refractivity contribution is 9.10. The van der Waals surface area contributed by atoms with E-state index in [1.54, 1.807) is 30.3 Å². The summed E-state index contributed by atoms with van der Waals surface area (Å²) in [6.07, 6.45) is 0. The van der Waals surface area contributed by atoms with Crippen LogP contribution in [-0.2, 0) is 10.0 Å². The number of sulfonamides is 1. The summed E-state index contributed by atoms with van der Waals surface area (Å²) in [7, 11) is -3.74. The largest absolute Gasteiger partial charge is 0.298 e. The van der Waals surface area contributed by atoms with Gasteiger partial charge in [-0.1, -0.05) is 22.0 Å². The number of nitrogens with one attached hydrogen (secondary N) is 2. The molecule has 0 aliphatic heterocycles. The molecular weight excluding hydrogens is 438 g/mol. The lowest BCUT2D eigenvalue weighted by atomic mass is 10.2. The first-order valence-electron chi connectivity index (χ1n) is 7.45. The number of aryl methyl sites for hydroxylation is 1. The molecule has 1 aromatic heterocycles. The molecule has 2 aromatic carbocycles. The Kier molecular flexibility index (Phi) is 5.40. The summed E-state index contributed by atoms with van der Waals surface area (Å²) >= 11 is 4.60. The van der Waals surface area contributed by atoms with Crippen molar-refractivity contribution in [2.45, 2.75) is 11.8 Å². The molecule has 26 heavy (non-hydrogen) atoms. The molecule has 1 amide bonds. The van der Waals surface area contributed by atoms with E-state index in [0.29, 0.717) is 16.4 Å². The van der Waals surface area contributed by atoms with Gasteiger partial charge in [0.1, 0.15) is 0 Å². The van der Waals surface area contributed by atoms with E-state index >= 15 is 0 Å². The average Bonchev–Trinajstić information content (AvgIpc) is 3.00. The third kappa shape index (κ3) is 4.48. The van der Waals surface area contributed by atoms with Crippen LogP contribution in [0.5, 0.6) is 0 Å². The molecule has 0 spiro atoms. The molecule has 0 saturated carbocycles. The molecule has 0 aliphatic carbocycles. The molecule has 9 heteroatoms. The summed E-state index contributed by atoms with van der Waals surface area (Å²) in [5.74, 6) is -0.357. The van der Waals surface area contributed by atoms with E-state index in [4.69, 9.17) is 0 Å². The van der Waals surface area contributed by atoms with E-state index in [2.05, 4.69) is 31.0 Å². The zero-order valence-corrected chi connectivity index (χ0v) is 16.8. The molecule has 6 nitrogen and oxygen atoms in total. The number of benzene rings is 2. The number of rotatable bonds is 5. The van der Waals surface area contributed by atoms with Crippen LogP contribution in [0.2, 0.25) is 0 Å². The minimum atomic E-state index is -3.74. The Labute approximate surface area is 163 Å². The highest BCUT2D eigenvalue weighted by Crippen LogP contribution is 2.20. The molecule has 3 aromatic rings. The van der Waals surface area contributed by atoms with E-state index in [1.807, 2.05) is 12.3 Å². The van der Waals surface area contributed by atoms with Crippen molar-refractivity contribution in [1.82, 2.24) is 4.98 Å². The van der Waals surface area contributed by atoms with Crippen LogP contribution in [0.4, 0.5) is 10.8 Å². The zero-order chi connectivity index (χ0) is 18.7. The number of carbonyl (C=O) groups is 1. The molecule has 0 bridgehead atoms. The fraction of sp³-hybridized carbons (Fsp3) is 0.0588. The molecule has 3 rings (SSSR count). The predicted molar refractivity (Wildman–Crippen MR) is 106 cm³/mol. The van der Waals surface area contributed by atoms with E-state index in [-0.39, 0.29) is 10.8 Å². The molecular formula is C17H14BrN3O3S2. The summed E-state index contributed by atoms with van der Waals surface area (Å²) in [5.41, 5.74) is 1.45. The van der Waals surface area contributed by atoms with Crippen LogP contribution >= 0.6 is 27.3 Å². The van der Waals surface area contributed by atoms with Gasteiger partial charge in [-0.15, -0.1) is 11.3 Å². The summed E-state index contributed by atoms with van der Waals surface area (Å²) in [5, 5.41) is 5.02. The van der Waals surface area contributed by atoms with Crippen molar-refractivity contribution < 1.29 is 13.2 Å². The van der Waals surface area contributed by atoms with E-state index in [0.717, 1.165) is 10.2 Å². The monoisotopic (exact) mass is 451 g/mol. The molecule has 0 saturated heterocycles. The molecule has 0 aliphatic rings. The van der Waals surface area contributed by atoms with Gasteiger partial charge < -0.3 is 0 Å². The van der Waals surface area contributed by atoms with Gasteiger partial charge in [-0.2, -0.15) is 0 Å². The van der Waals surface area contributed by atoms with Crippen LogP contribution in [-0.4, -0.2) is 19.3 Å². The van der Waals surface area contributed by atoms with Crippen LogP contribution in [0, 0.1) is 6.92 Å². The van der Waals surface area contributed by atoms with Crippen LogP contribution in [0.1, 0.15) is 16.1 Å². The smallest absolute Gasteiger partial charge is 0.261 e. The fourth-order valence-electron chi connectivity index (χ4n) is 2.13. The summed E-state index contributed by atoms with van der Waals surface area (Å²) in [6, 6.07) is 12.6. The van der Waals surface area contributed by atoms with Crippen molar-refractivity contribution in [2.75, 3.05) is 10.0 Å². The first-order valence-corrected chi connectivity index (χ1v) is 10.6. The number of thiazole rings is 1. The van der Waals surface area contributed by atoms with Gasteiger partial charge in [0.25, 0.3) is 15.9 Å². The number of hydrogen-bond acceptors (Lipinski definition) is 5. The first-order chi connectivity index (χ1) is 12.3. The van der Waals surface area contributed by atoms with Gasteiger partial charge in [-0.25, -0.2) is 13.4 Å². The van der Waals surface area contributed by atoms with Gasteiger partial charge in [0, 0.05) is 21.1 Å². The number of amides is 1. The molecule has 0 fully saturated rings. The van der Waals surface area contributed by atoms with E-state index in [9.17, 15) is 13.2 Å². The Morgan fingerprint density at radius 3 is 2.54 bits per heavy atom. The Hall–Kier alpha value is -2.23. The SMILES string of the molecule is Cc1csc(NC(=O)c2cccc(NS(=O)(=O)c3ccc(Br)cc3)c2)n1. The highest BCUT2D eigenvalue weighted by atomic mass is 79.9. The molecule has 134 valence electrons. The maximum Gasteiger partial charge on any atom is 0.261 e. The zero-order valence-electron chi connectivity index (χ0n) is 13.6. The second kappa shape index (κ2) is 7.56. The van der Waals surface area contributed by atoms with Crippen molar-refractivity contribution in [3.05, 3.63) is 69.6 Å². The number of carbonyl (C=O) groups excluding carboxylic acids is 1. The van der Waals surface area contributed by atoms with Gasteiger partial charge in [0.2, 0.25) is 0 Å². The lowest BCUT2D eigenvalue weighted by Crippen LogP contribution is -2.15. The highest BCUT2D eigenvalue weighted by Gasteiger charge is 2.15. The molecule has 1 heterocycles. The maximum atomic E-state index is 12.5. The topological polar surface area (TPSA) is 88.2 Å². The second-order valence-electron chi connectivity index (χ2n) is 5.39. The van der Waals surface area contributed by atoms with Crippen LogP contribution in [0.15, 0.2) is 63.3 Å². The Bertz CT molecular complexity index is 1050. The Morgan fingerprint density at radius 1 is 1.15 bits per heavy atom. The first kappa shape index (κ1) is 18.6. The Morgan fingerprint density at radius 2 is 1.88 bits per heavy atom. The number of anilines is 2. The third-order valence-corrected chi connectivity index (χ3v) is 6.14. The average molecular weight is 452 g/mol. The van der Waals surface area contributed by atoms with Crippen LogP contribution < -0.4 is 10.0 Å². The molecule has 2 N–H and O–H groups in total. The van der Waals surface area contributed by atoms with Crippen molar-refractivity contribution in [2.24, 2.45) is 0 Å². The summed E-state index contributed by atoms with van der Waals surface area (Å²) in [4.78, 5) is 16.6.